The Morgan fingerprint density at radius 3 is 2.35 bits per heavy atom. The first-order chi connectivity index (χ1) is 14.1. The normalized spacial score (nSPS) is 12.7. The molecule has 146 valence electrons. The van der Waals surface area contributed by atoms with E-state index in [0.29, 0.717) is 31.2 Å². The zero-order valence-electron chi connectivity index (χ0n) is 17.5. The van der Waals surface area contributed by atoms with Crippen LogP contribution in [-0.4, -0.2) is 15.2 Å². The van der Waals surface area contributed by atoms with Crippen LogP contribution in [0.3, 0.4) is 0 Å². The number of phenolic OH excluding ortho intramolecular Hbond substituents is 1. The molecule has 8 heteroatoms. The number of nitrogens with one attached hydrogen (secondary N) is 1. The quantitative estimate of drug-likeness (QED) is 0.358. The van der Waals surface area contributed by atoms with E-state index in [9.17, 15) is 15.0 Å². The van der Waals surface area contributed by atoms with Gasteiger partial charge in [-0.3, -0.25) is 4.79 Å². The van der Waals surface area contributed by atoms with Gasteiger partial charge in [0.1, 0.15) is 20.7 Å². The third-order valence-corrected chi connectivity index (χ3v) is 6.94. The van der Waals surface area contributed by atoms with Crippen molar-refractivity contribution in [1.29, 1.82) is 0 Å². The number of rotatable bonds is 2. The number of hydrogen-bond acceptors (Lipinski definition) is 4. The Kier molecular flexibility index (Phi) is 8.04. The van der Waals surface area contributed by atoms with Crippen LogP contribution in [0.15, 0.2) is 47.3 Å². The first kappa shape index (κ1) is 24.9. The molecule has 0 radical (unpaired) electrons. The molecule has 4 aromatic rings. The first-order valence-corrected chi connectivity index (χ1v) is 10.7. The summed E-state index contributed by atoms with van der Waals surface area (Å²) in [4.78, 5) is 16.0. The third-order valence-electron chi connectivity index (χ3n) is 5.63. The molecule has 3 N–H and O–H groups in total. The van der Waals surface area contributed by atoms with Gasteiger partial charge in [-0.25, -0.2) is 0 Å². The molecule has 1 aliphatic carbocycles. The Bertz CT molecular complexity index is 1320. The van der Waals surface area contributed by atoms with Crippen LogP contribution < -0.4 is 64.7 Å². The number of H-pyrrole nitrogens is 1. The Balaban J connectivity index is 0.00000136. The number of fused-ring (bicyclic) bond motifs is 2. The molecule has 2 aromatic heterocycles. The molecule has 2 aromatic carbocycles. The van der Waals surface area contributed by atoms with Crippen molar-refractivity contribution in [3.63, 3.8) is 0 Å². The summed E-state index contributed by atoms with van der Waals surface area (Å²) < 4.78 is 0.419. The second kappa shape index (κ2) is 10.0. The molecule has 0 unspecified atom stereocenters. The monoisotopic (exact) mass is 469 g/mol. The first-order valence-electron chi connectivity index (χ1n) is 9.53. The molecule has 0 atom stereocenters. The molecule has 0 bridgehead atoms. The summed E-state index contributed by atoms with van der Waals surface area (Å²) >= 11 is 7.74. The van der Waals surface area contributed by atoms with E-state index in [1.807, 2.05) is 30.3 Å². The van der Waals surface area contributed by atoms with Gasteiger partial charge in [-0.1, -0.05) is 54.1 Å². The molecule has 0 saturated carbocycles. The third kappa shape index (κ3) is 4.28. The van der Waals surface area contributed by atoms with Crippen molar-refractivity contribution >= 4 is 33.2 Å². The van der Waals surface area contributed by atoms with Gasteiger partial charge in [-0.2, -0.15) is 0 Å². The molecule has 0 spiro atoms. The van der Waals surface area contributed by atoms with Crippen LogP contribution in [-0.2, 0) is 12.8 Å². The number of aryl methyl sites for hydroxylation is 1. The van der Waals surface area contributed by atoms with Crippen molar-refractivity contribution in [3.8, 4) is 33.8 Å². The number of pyridine rings is 1. The number of thiophene rings is 1. The van der Waals surface area contributed by atoms with Crippen LogP contribution in [0.25, 0.3) is 32.5 Å². The number of aromatic nitrogens is 1. The smallest absolute Gasteiger partial charge is 0.507 e. The summed E-state index contributed by atoms with van der Waals surface area (Å²) in [5.74, 6) is 0.0980. The summed E-state index contributed by atoms with van der Waals surface area (Å²) in [6, 6.07) is 12.9. The van der Waals surface area contributed by atoms with E-state index < -0.39 is 0 Å². The summed E-state index contributed by atoms with van der Waals surface area (Å²) in [6.45, 7) is 0. The minimum absolute atomic E-state index is 0. The van der Waals surface area contributed by atoms with E-state index >= 15 is 0 Å². The van der Waals surface area contributed by atoms with Gasteiger partial charge in [-0.05, 0) is 42.4 Å². The average molecular weight is 470 g/mol. The van der Waals surface area contributed by atoms with Gasteiger partial charge in [0, 0.05) is 11.1 Å². The molecule has 0 saturated heterocycles. The van der Waals surface area contributed by atoms with E-state index in [0.717, 1.165) is 36.8 Å². The standard InChI is InChI=1S/C23H18ClNO3S.2Na/c24-21-17(15-11-10-12-6-4-5-9-14(12)19(15)26)18-20(27)16(13-7-2-1-3-8-13)22(28)25-23(18)29-21;;/h1-3,7-8,10-11,26H,4-6,9H2,(H2,25,27,28);;/q;2*+1. The summed E-state index contributed by atoms with van der Waals surface area (Å²) in [5.41, 5.74) is 3.71. The molecule has 31 heavy (non-hydrogen) atoms. The molecule has 4 nitrogen and oxygen atoms in total. The number of aromatic amines is 1. The zero-order valence-corrected chi connectivity index (χ0v) is 23.0. The zero-order chi connectivity index (χ0) is 20.1. The van der Waals surface area contributed by atoms with Crippen LogP contribution in [0.5, 0.6) is 11.5 Å². The average Bonchev–Trinajstić information content (AvgIpc) is 3.05. The molecule has 1 aliphatic rings. The van der Waals surface area contributed by atoms with E-state index in [1.165, 1.54) is 11.3 Å². The van der Waals surface area contributed by atoms with Crippen LogP contribution in [0, 0.1) is 0 Å². The van der Waals surface area contributed by atoms with Crippen molar-refractivity contribution in [1.82, 2.24) is 4.98 Å². The van der Waals surface area contributed by atoms with Gasteiger partial charge >= 0.3 is 59.1 Å². The van der Waals surface area contributed by atoms with Crippen LogP contribution in [0.2, 0.25) is 4.34 Å². The topological polar surface area (TPSA) is 73.3 Å². The molecule has 0 fully saturated rings. The van der Waals surface area contributed by atoms with E-state index in [1.54, 1.807) is 12.1 Å². The predicted octanol–water partition coefficient (Wildman–Crippen LogP) is -0.125. The fourth-order valence-electron chi connectivity index (χ4n) is 4.24. The van der Waals surface area contributed by atoms with Gasteiger partial charge in [0.2, 0.25) is 0 Å². The van der Waals surface area contributed by atoms with Gasteiger partial charge in [0.05, 0.1) is 10.9 Å². The largest absolute Gasteiger partial charge is 1.00 e. The van der Waals surface area contributed by atoms with Crippen molar-refractivity contribution in [2.45, 2.75) is 25.7 Å². The van der Waals surface area contributed by atoms with Crippen LogP contribution in [0.1, 0.15) is 24.0 Å². The van der Waals surface area contributed by atoms with Crippen molar-refractivity contribution in [2.75, 3.05) is 0 Å². The number of halogens is 1. The van der Waals surface area contributed by atoms with Crippen molar-refractivity contribution < 1.29 is 69.3 Å². The fourth-order valence-corrected chi connectivity index (χ4v) is 5.60. The Labute approximate surface area is 232 Å². The van der Waals surface area contributed by atoms with Crippen LogP contribution in [0.4, 0.5) is 0 Å². The minimum Gasteiger partial charge on any atom is -0.507 e. The summed E-state index contributed by atoms with van der Waals surface area (Å²) in [6.07, 6.45) is 3.94. The van der Waals surface area contributed by atoms with Gasteiger partial charge in [-0.15, -0.1) is 11.3 Å². The van der Waals surface area contributed by atoms with E-state index in [4.69, 9.17) is 11.6 Å². The Hall–Kier alpha value is -0.760. The number of aromatic hydroxyl groups is 2. The van der Waals surface area contributed by atoms with Gasteiger partial charge in [0.25, 0.3) is 5.56 Å². The number of hydrogen-bond donors (Lipinski definition) is 3. The maximum Gasteiger partial charge on any atom is 1.00 e. The SMILES string of the molecule is O=c1[nH]c2sc(Cl)c(-c3ccc4c(c3O)CCCC4)c2c(O)c1-c1ccccc1.[Na+].[Na+]. The maximum absolute atomic E-state index is 12.7. The summed E-state index contributed by atoms with van der Waals surface area (Å²) in [5, 5.41) is 22.6. The van der Waals surface area contributed by atoms with Crippen molar-refractivity contribution in [3.05, 3.63) is 68.3 Å². The molecule has 2 heterocycles. The van der Waals surface area contributed by atoms with Crippen LogP contribution >= 0.6 is 22.9 Å². The Morgan fingerprint density at radius 1 is 0.903 bits per heavy atom. The van der Waals surface area contributed by atoms with Crippen molar-refractivity contribution in [2.24, 2.45) is 0 Å². The number of benzene rings is 2. The molecule has 0 aliphatic heterocycles. The maximum atomic E-state index is 12.7. The van der Waals surface area contributed by atoms with Gasteiger partial charge in [0.15, 0.2) is 0 Å². The second-order valence-corrected chi connectivity index (χ2v) is 8.93. The number of phenols is 1. The summed E-state index contributed by atoms with van der Waals surface area (Å²) in [7, 11) is 0. The van der Waals surface area contributed by atoms with E-state index in [2.05, 4.69) is 4.98 Å². The Morgan fingerprint density at radius 2 is 1.61 bits per heavy atom. The minimum atomic E-state index is -0.375. The molecule has 5 rings (SSSR count). The fraction of sp³-hybridized carbons (Fsp3) is 0.174. The van der Waals surface area contributed by atoms with E-state index in [-0.39, 0.29) is 81.7 Å². The van der Waals surface area contributed by atoms with Gasteiger partial charge < -0.3 is 15.2 Å². The molecular formula is C23H18ClNNa2O3S+2. The molecule has 0 amide bonds. The predicted molar refractivity (Wildman–Crippen MR) is 118 cm³/mol. The molecular weight excluding hydrogens is 452 g/mol. The second-order valence-electron chi connectivity index (χ2n) is 7.31.